The van der Waals surface area contributed by atoms with E-state index >= 15 is 0 Å². The topological polar surface area (TPSA) is 101 Å². The van der Waals surface area contributed by atoms with E-state index in [1.54, 1.807) is 4.90 Å². The van der Waals surface area contributed by atoms with E-state index in [4.69, 9.17) is 4.74 Å². The van der Waals surface area contributed by atoms with Crippen LogP contribution in [0.4, 0.5) is 16.2 Å². The molecule has 0 spiro atoms. The average Bonchev–Trinajstić information content (AvgIpc) is 2.57. The van der Waals surface area contributed by atoms with E-state index in [1.807, 2.05) is 25.1 Å². The number of benzene rings is 1. The monoisotopic (exact) mass is 460 g/mol. The Morgan fingerprint density at radius 2 is 1.77 bits per heavy atom. The van der Waals surface area contributed by atoms with Gasteiger partial charge in [0.15, 0.2) is 24.8 Å². The third-order valence-electron chi connectivity index (χ3n) is 5.22. The second kappa shape index (κ2) is 10.00. The molecule has 0 aromatic heterocycles. The van der Waals surface area contributed by atoms with Crippen molar-refractivity contribution in [3.05, 3.63) is 23.8 Å². The summed E-state index contributed by atoms with van der Waals surface area (Å²) in [4.78, 5) is 16.6. The van der Waals surface area contributed by atoms with E-state index in [1.165, 1.54) is 0 Å². The molecule has 1 aliphatic rings. The highest BCUT2D eigenvalue weighted by Crippen LogP contribution is 2.34. The van der Waals surface area contributed by atoms with Crippen LogP contribution < -0.4 is 9.80 Å². The lowest BCUT2D eigenvalue weighted by Crippen LogP contribution is -2.45. The lowest BCUT2D eigenvalue weighted by Gasteiger charge is -2.37. The fraction of sp³-hybridized carbons (Fsp3) is 0.650. The molecule has 0 atom stereocenters. The Hall–Kier alpha value is -1.81. The SMILES string of the molecule is CCN(CC)c1ccc(N(C(=O)OCCS(=O)(=O)CS(C)(=O)=O)C2CCC2)c(C)c1. The summed E-state index contributed by atoms with van der Waals surface area (Å²) in [6.45, 7) is 7.50. The average molecular weight is 461 g/mol. The number of carbonyl (C=O) groups excluding carboxylic acids is 1. The quantitative estimate of drug-likeness (QED) is 0.529. The Bertz CT molecular complexity index is 952. The van der Waals surface area contributed by atoms with Gasteiger partial charge in [-0.05, 0) is 63.8 Å². The highest BCUT2D eigenvalue weighted by atomic mass is 32.3. The molecule has 0 saturated heterocycles. The van der Waals surface area contributed by atoms with E-state index < -0.39 is 36.6 Å². The molecule has 0 N–H and O–H groups in total. The second-order valence-electron chi connectivity index (χ2n) is 7.70. The van der Waals surface area contributed by atoms with Crippen molar-refractivity contribution in [2.75, 3.05) is 46.6 Å². The molecule has 1 aromatic carbocycles. The molecule has 2 rings (SSSR count). The maximum atomic E-state index is 12.8. The number of ether oxygens (including phenoxy) is 1. The van der Waals surface area contributed by atoms with Crippen molar-refractivity contribution >= 4 is 37.1 Å². The smallest absolute Gasteiger partial charge is 0.414 e. The predicted molar refractivity (Wildman–Crippen MR) is 120 cm³/mol. The molecule has 0 radical (unpaired) electrons. The van der Waals surface area contributed by atoms with Gasteiger partial charge in [0.05, 0.1) is 11.4 Å². The van der Waals surface area contributed by atoms with Crippen LogP contribution in [-0.2, 0) is 24.4 Å². The highest BCUT2D eigenvalue weighted by Gasteiger charge is 2.32. The van der Waals surface area contributed by atoms with Gasteiger partial charge in [-0.15, -0.1) is 0 Å². The number of aryl methyl sites for hydroxylation is 1. The molecule has 8 nitrogen and oxygen atoms in total. The number of rotatable bonds is 10. The summed E-state index contributed by atoms with van der Waals surface area (Å²) < 4.78 is 51.5. The van der Waals surface area contributed by atoms with Crippen molar-refractivity contribution in [3.63, 3.8) is 0 Å². The van der Waals surface area contributed by atoms with Crippen molar-refractivity contribution in [2.24, 2.45) is 0 Å². The molecule has 1 aliphatic carbocycles. The van der Waals surface area contributed by atoms with E-state index in [0.29, 0.717) is 0 Å². The molecular weight excluding hydrogens is 428 g/mol. The van der Waals surface area contributed by atoms with Crippen LogP contribution >= 0.6 is 0 Å². The van der Waals surface area contributed by atoms with E-state index in [2.05, 4.69) is 18.7 Å². The summed E-state index contributed by atoms with van der Waals surface area (Å²) in [5, 5.41) is -0.949. The van der Waals surface area contributed by atoms with Gasteiger partial charge in [0.25, 0.3) is 0 Å². The van der Waals surface area contributed by atoms with Gasteiger partial charge in [-0.1, -0.05) is 0 Å². The molecular formula is C20H32N2O6S2. The Morgan fingerprint density at radius 1 is 1.13 bits per heavy atom. The maximum absolute atomic E-state index is 12.8. The number of sulfone groups is 2. The third-order valence-corrected chi connectivity index (χ3v) is 9.16. The summed E-state index contributed by atoms with van der Waals surface area (Å²) in [6, 6.07) is 5.94. The van der Waals surface area contributed by atoms with Gasteiger partial charge in [-0.2, -0.15) is 0 Å². The standard InChI is InChI=1S/C20H32N2O6S2/c1-5-21(6-2)18-10-11-19(16(3)14-18)22(17-8-7-9-17)20(23)28-12-13-30(26,27)15-29(4,24)25/h10-11,14,17H,5-9,12-13,15H2,1-4H3. The van der Waals surface area contributed by atoms with Gasteiger partial charge >= 0.3 is 6.09 Å². The van der Waals surface area contributed by atoms with Crippen molar-refractivity contribution in [2.45, 2.75) is 46.1 Å². The Labute approximate surface area is 180 Å². The first-order chi connectivity index (χ1) is 14.0. The molecule has 1 aromatic rings. The number of hydrogen-bond acceptors (Lipinski definition) is 7. The predicted octanol–water partition coefficient (Wildman–Crippen LogP) is 2.75. The highest BCUT2D eigenvalue weighted by molar-refractivity contribution is 8.07. The zero-order valence-corrected chi connectivity index (χ0v) is 19.8. The molecule has 170 valence electrons. The molecule has 0 unspecified atom stereocenters. The second-order valence-corrected chi connectivity index (χ2v) is 12.4. The van der Waals surface area contributed by atoms with E-state index in [9.17, 15) is 21.6 Å². The maximum Gasteiger partial charge on any atom is 0.414 e. The third kappa shape index (κ3) is 6.60. The van der Waals surface area contributed by atoms with Crippen LogP contribution in [0.1, 0.15) is 38.7 Å². The molecule has 10 heteroatoms. The lowest BCUT2D eigenvalue weighted by molar-refractivity contribution is 0.154. The number of anilines is 2. The first-order valence-corrected chi connectivity index (χ1v) is 14.0. The van der Waals surface area contributed by atoms with Gasteiger partial charge in [-0.25, -0.2) is 21.6 Å². The first-order valence-electron chi connectivity index (χ1n) is 10.2. The molecule has 1 saturated carbocycles. The van der Waals surface area contributed by atoms with Crippen molar-refractivity contribution in [1.82, 2.24) is 0 Å². The summed E-state index contributed by atoms with van der Waals surface area (Å²) in [7, 11) is -7.52. The van der Waals surface area contributed by atoms with Crippen LogP contribution in [0.15, 0.2) is 18.2 Å². The van der Waals surface area contributed by atoms with Crippen LogP contribution in [-0.4, -0.2) is 65.8 Å². The minimum atomic E-state index is -3.86. The van der Waals surface area contributed by atoms with Gasteiger partial charge in [0.2, 0.25) is 0 Å². The summed E-state index contributed by atoms with van der Waals surface area (Å²) >= 11 is 0. The lowest BCUT2D eigenvalue weighted by atomic mass is 9.91. The number of nitrogens with zero attached hydrogens (tertiary/aromatic N) is 2. The summed E-state index contributed by atoms with van der Waals surface area (Å²) in [6.07, 6.45) is 3.00. The van der Waals surface area contributed by atoms with Crippen LogP contribution in [0.2, 0.25) is 0 Å². The van der Waals surface area contributed by atoms with Gasteiger partial charge in [-0.3, -0.25) is 4.90 Å². The molecule has 1 fully saturated rings. The molecule has 0 heterocycles. The van der Waals surface area contributed by atoms with Crippen LogP contribution in [0, 0.1) is 6.92 Å². The molecule has 1 amide bonds. The zero-order chi connectivity index (χ0) is 22.5. The summed E-state index contributed by atoms with van der Waals surface area (Å²) in [5.74, 6) is -0.524. The summed E-state index contributed by atoms with van der Waals surface area (Å²) in [5.41, 5.74) is 2.77. The minimum absolute atomic E-state index is 0.0168. The Balaban J connectivity index is 2.13. The largest absolute Gasteiger partial charge is 0.448 e. The number of carbonyl (C=O) groups is 1. The fourth-order valence-electron chi connectivity index (χ4n) is 3.49. The molecule has 0 bridgehead atoms. The normalized spacial score (nSPS) is 14.8. The zero-order valence-electron chi connectivity index (χ0n) is 18.1. The van der Waals surface area contributed by atoms with E-state index in [-0.39, 0.29) is 12.6 Å². The van der Waals surface area contributed by atoms with Gasteiger partial charge in [0, 0.05) is 31.1 Å². The van der Waals surface area contributed by atoms with Crippen LogP contribution in [0.25, 0.3) is 0 Å². The van der Waals surface area contributed by atoms with Crippen molar-refractivity contribution < 1.29 is 26.4 Å². The Morgan fingerprint density at radius 3 is 2.23 bits per heavy atom. The van der Waals surface area contributed by atoms with Gasteiger partial charge < -0.3 is 9.64 Å². The van der Waals surface area contributed by atoms with Crippen LogP contribution in [0.5, 0.6) is 0 Å². The van der Waals surface area contributed by atoms with Gasteiger partial charge in [0.1, 0.15) is 6.61 Å². The number of amides is 1. The molecule has 0 aliphatic heterocycles. The van der Waals surface area contributed by atoms with Crippen molar-refractivity contribution in [3.8, 4) is 0 Å². The van der Waals surface area contributed by atoms with Crippen LogP contribution in [0.3, 0.4) is 0 Å². The Kier molecular flexibility index (Phi) is 8.15. The fourth-order valence-corrected chi connectivity index (χ4v) is 6.91. The first kappa shape index (κ1) is 24.5. The van der Waals surface area contributed by atoms with E-state index in [0.717, 1.165) is 55.5 Å². The number of hydrogen-bond donors (Lipinski definition) is 0. The van der Waals surface area contributed by atoms with Crippen molar-refractivity contribution in [1.29, 1.82) is 0 Å². The molecule has 30 heavy (non-hydrogen) atoms. The minimum Gasteiger partial charge on any atom is -0.448 e.